The van der Waals surface area contributed by atoms with Crippen LogP contribution in [0.5, 0.6) is 5.75 Å². The number of methoxy groups -OCH3 is 1. The summed E-state index contributed by atoms with van der Waals surface area (Å²) in [6, 6.07) is 5.63. The lowest BCUT2D eigenvalue weighted by Crippen LogP contribution is -2.36. The summed E-state index contributed by atoms with van der Waals surface area (Å²) in [5.41, 5.74) is 5.92. The summed E-state index contributed by atoms with van der Waals surface area (Å²) < 4.78 is 11.2. The molecule has 0 bridgehead atoms. The first-order valence-corrected chi connectivity index (χ1v) is 5.82. The van der Waals surface area contributed by atoms with Gasteiger partial charge in [0.15, 0.2) is 0 Å². The van der Waals surface area contributed by atoms with Crippen molar-refractivity contribution in [1.82, 2.24) is 10.9 Å². The minimum absolute atomic E-state index is 0.0183. The van der Waals surface area contributed by atoms with Crippen LogP contribution < -0.4 is 15.6 Å². The topological polar surface area (TPSA) is 59.6 Å². The fourth-order valence-corrected chi connectivity index (χ4v) is 1.82. The summed E-state index contributed by atoms with van der Waals surface area (Å²) >= 11 is 3.38. The quantitative estimate of drug-likeness (QED) is 0.776. The van der Waals surface area contributed by atoms with Gasteiger partial charge in [-0.05, 0) is 33.6 Å². The van der Waals surface area contributed by atoms with E-state index in [0.717, 1.165) is 15.8 Å². The van der Waals surface area contributed by atoms with Crippen LogP contribution in [0.1, 0.15) is 5.56 Å². The third-order valence-corrected chi connectivity index (χ3v) is 2.60. The average molecular weight is 303 g/mol. The highest BCUT2D eigenvalue weighted by Gasteiger charge is 2.03. The van der Waals surface area contributed by atoms with E-state index < -0.39 is 0 Å². The molecule has 0 radical (unpaired) electrons. The zero-order valence-electron chi connectivity index (χ0n) is 9.75. The zero-order chi connectivity index (χ0) is 12.7. The Bertz CT molecular complexity index is 385. The Kier molecular flexibility index (Phi) is 5.96. The number of benzene rings is 1. The molecule has 0 saturated heterocycles. The number of ether oxygens (including phenoxy) is 2. The molecule has 5 nitrogen and oxygen atoms in total. The standard InChI is InChI=1S/C11H15BrN2O3/c1-13-14-11(15)7-17-6-8-3-4-10(16-2)9(12)5-8/h3-5,13H,6-7H2,1-2H3,(H,14,15). The van der Waals surface area contributed by atoms with Crippen molar-refractivity contribution >= 4 is 21.8 Å². The highest BCUT2D eigenvalue weighted by Crippen LogP contribution is 2.25. The van der Waals surface area contributed by atoms with E-state index in [1.165, 1.54) is 0 Å². The molecule has 0 aromatic heterocycles. The van der Waals surface area contributed by atoms with Crippen molar-refractivity contribution in [3.05, 3.63) is 28.2 Å². The lowest BCUT2D eigenvalue weighted by Gasteiger charge is -2.07. The maximum Gasteiger partial charge on any atom is 0.260 e. The maximum absolute atomic E-state index is 11.1. The highest BCUT2D eigenvalue weighted by atomic mass is 79.9. The molecule has 1 rings (SSSR count). The molecule has 0 fully saturated rings. The Morgan fingerprint density at radius 3 is 2.82 bits per heavy atom. The van der Waals surface area contributed by atoms with E-state index in [-0.39, 0.29) is 12.5 Å². The van der Waals surface area contributed by atoms with Gasteiger partial charge >= 0.3 is 0 Å². The molecule has 94 valence electrons. The first kappa shape index (κ1) is 14.0. The zero-order valence-corrected chi connectivity index (χ0v) is 11.3. The summed E-state index contributed by atoms with van der Waals surface area (Å²) in [5.74, 6) is 0.557. The van der Waals surface area contributed by atoms with Crippen molar-refractivity contribution in [2.75, 3.05) is 20.8 Å². The van der Waals surface area contributed by atoms with E-state index in [1.54, 1.807) is 14.2 Å². The summed E-state index contributed by atoms with van der Waals surface area (Å²) in [6.45, 7) is 0.393. The molecule has 0 unspecified atom stereocenters. The molecular formula is C11H15BrN2O3. The molecule has 0 spiro atoms. The van der Waals surface area contributed by atoms with Gasteiger partial charge in [-0.2, -0.15) is 0 Å². The number of hydrazine groups is 1. The molecule has 0 aliphatic rings. The summed E-state index contributed by atoms with van der Waals surface area (Å²) in [4.78, 5) is 11.1. The molecule has 0 aliphatic heterocycles. The SMILES string of the molecule is CNNC(=O)COCc1ccc(OC)c(Br)c1. The van der Waals surface area contributed by atoms with E-state index >= 15 is 0 Å². The Hall–Kier alpha value is -1.11. The van der Waals surface area contributed by atoms with Gasteiger partial charge < -0.3 is 9.47 Å². The van der Waals surface area contributed by atoms with Gasteiger partial charge in [0.1, 0.15) is 12.4 Å². The van der Waals surface area contributed by atoms with Crippen LogP contribution in [0.25, 0.3) is 0 Å². The second-order valence-corrected chi connectivity index (χ2v) is 4.11. The molecule has 17 heavy (non-hydrogen) atoms. The van der Waals surface area contributed by atoms with Crippen LogP contribution in [0.2, 0.25) is 0 Å². The summed E-state index contributed by atoms with van der Waals surface area (Å²) in [7, 11) is 3.23. The number of carbonyl (C=O) groups excluding carboxylic acids is 1. The smallest absolute Gasteiger partial charge is 0.260 e. The van der Waals surface area contributed by atoms with Gasteiger partial charge in [0.25, 0.3) is 5.91 Å². The monoisotopic (exact) mass is 302 g/mol. The number of amides is 1. The third-order valence-electron chi connectivity index (χ3n) is 1.98. The van der Waals surface area contributed by atoms with Gasteiger partial charge in [-0.1, -0.05) is 6.07 Å². The maximum atomic E-state index is 11.1. The fraction of sp³-hybridized carbons (Fsp3) is 0.364. The highest BCUT2D eigenvalue weighted by molar-refractivity contribution is 9.10. The number of rotatable bonds is 6. The van der Waals surface area contributed by atoms with Crippen molar-refractivity contribution in [1.29, 1.82) is 0 Å². The van der Waals surface area contributed by atoms with Gasteiger partial charge in [-0.25, -0.2) is 5.43 Å². The molecule has 2 N–H and O–H groups in total. The van der Waals surface area contributed by atoms with E-state index in [1.807, 2.05) is 18.2 Å². The van der Waals surface area contributed by atoms with Crippen molar-refractivity contribution in [2.24, 2.45) is 0 Å². The lowest BCUT2D eigenvalue weighted by molar-refractivity contribution is -0.126. The number of hydrogen-bond donors (Lipinski definition) is 2. The lowest BCUT2D eigenvalue weighted by atomic mass is 10.2. The van der Waals surface area contributed by atoms with E-state index in [0.29, 0.717) is 6.61 Å². The molecule has 1 amide bonds. The van der Waals surface area contributed by atoms with Gasteiger partial charge in [-0.15, -0.1) is 0 Å². The Balaban J connectivity index is 2.42. The van der Waals surface area contributed by atoms with Gasteiger partial charge in [0.2, 0.25) is 0 Å². The van der Waals surface area contributed by atoms with Crippen LogP contribution in [0, 0.1) is 0 Å². The molecule has 1 aromatic rings. The van der Waals surface area contributed by atoms with Crippen LogP contribution in [-0.2, 0) is 16.1 Å². The summed E-state index contributed by atoms with van der Waals surface area (Å²) in [5, 5.41) is 0. The van der Waals surface area contributed by atoms with Crippen LogP contribution in [0.15, 0.2) is 22.7 Å². The Morgan fingerprint density at radius 2 is 2.24 bits per heavy atom. The Labute approximate surface area is 109 Å². The third kappa shape index (κ3) is 4.72. The number of nitrogens with one attached hydrogen (secondary N) is 2. The molecule has 6 heteroatoms. The number of hydrogen-bond acceptors (Lipinski definition) is 4. The second-order valence-electron chi connectivity index (χ2n) is 3.26. The molecule has 0 heterocycles. The Morgan fingerprint density at radius 1 is 1.47 bits per heavy atom. The fourth-order valence-electron chi connectivity index (χ4n) is 1.24. The largest absolute Gasteiger partial charge is 0.496 e. The van der Waals surface area contributed by atoms with E-state index in [4.69, 9.17) is 9.47 Å². The van der Waals surface area contributed by atoms with Crippen LogP contribution in [0.4, 0.5) is 0 Å². The molecule has 0 aliphatic carbocycles. The predicted molar refractivity (Wildman–Crippen MR) is 67.6 cm³/mol. The van der Waals surface area contributed by atoms with E-state index in [2.05, 4.69) is 26.8 Å². The average Bonchev–Trinajstić information content (AvgIpc) is 2.29. The summed E-state index contributed by atoms with van der Waals surface area (Å²) in [6.07, 6.45) is 0. The first-order valence-electron chi connectivity index (χ1n) is 5.03. The molecular weight excluding hydrogens is 288 g/mol. The van der Waals surface area contributed by atoms with Crippen molar-refractivity contribution in [3.63, 3.8) is 0 Å². The van der Waals surface area contributed by atoms with Gasteiger partial charge in [0, 0.05) is 7.05 Å². The van der Waals surface area contributed by atoms with Crippen molar-refractivity contribution in [3.8, 4) is 5.75 Å². The van der Waals surface area contributed by atoms with Gasteiger partial charge in [-0.3, -0.25) is 10.2 Å². The molecule has 1 aromatic carbocycles. The number of carbonyl (C=O) groups is 1. The first-order chi connectivity index (χ1) is 8.17. The molecule has 0 saturated carbocycles. The minimum Gasteiger partial charge on any atom is -0.496 e. The van der Waals surface area contributed by atoms with Crippen LogP contribution in [-0.4, -0.2) is 26.7 Å². The van der Waals surface area contributed by atoms with Crippen LogP contribution in [0.3, 0.4) is 0 Å². The van der Waals surface area contributed by atoms with Crippen LogP contribution >= 0.6 is 15.9 Å². The second kappa shape index (κ2) is 7.26. The normalized spacial score (nSPS) is 10.1. The van der Waals surface area contributed by atoms with Crippen molar-refractivity contribution < 1.29 is 14.3 Å². The van der Waals surface area contributed by atoms with Crippen molar-refractivity contribution in [2.45, 2.75) is 6.61 Å². The molecule has 0 atom stereocenters. The minimum atomic E-state index is -0.208. The number of halogens is 1. The predicted octanol–water partition coefficient (Wildman–Crippen LogP) is 1.22. The van der Waals surface area contributed by atoms with E-state index in [9.17, 15) is 4.79 Å². The van der Waals surface area contributed by atoms with Gasteiger partial charge in [0.05, 0.1) is 18.2 Å².